The molecule has 0 N–H and O–H groups in total. The van der Waals surface area contributed by atoms with Crippen LogP contribution >= 0.6 is 0 Å². The Kier molecular flexibility index (Phi) is 7.33. The van der Waals surface area contributed by atoms with Gasteiger partial charge in [-0.15, -0.1) is 0 Å². The molecular formula is C3H6N4Y+. The Labute approximate surface area is 73.3 Å². The summed E-state index contributed by atoms with van der Waals surface area (Å²) in [7, 11) is 0. The molecule has 0 unspecified atom stereocenters. The van der Waals surface area contributed by atoms with Gasteiger partial charge in [0.05, 0.1) is 0 Å². The molecule has 8 heavy (non-hydrogen) atoms. The maximum atomic E-state index is 3.44. The average Bonchev–Trinajstić information content (AvgIpc) is 1.86. The molecule has 1 aromatic rings. The summed E-state index contributed by atoms with van der Waals surface area (Å²) in [6, 6.07) is 0. The van der Waals surface area contributed by atoms with E-state index in [4.69, 9.17) is 0 Å². The SMILES string of the molecule is Cc1nnn[n-]1.[CH3-].[Y+3]. The Morgan fingerprint density at radius 3 is 2.25 bits per heavy atom. The Morgan fingerprint density at radius 2 is 2.12 bits per heavy atom. The van der Waals surface area contributed by atoms with E-state index < -0.39 is 0 Å². The van der Waals surface area contributed by atoms with Gasteiger partial charge in [0.25, 0.3) is 0 Å². The molecule has 0 radical (unpaired) electrons. The number of hydrogen-bond donors (Lipinski definition) is 0. The molecule has 0 spiro atoms. The molecule has 1 heterocycles. The van der Waals surface area contributed by atoms with E-state index in [0.717, 1.165) is 0 Å². The van der Waals surface area contributed by atoms with Crippen molar-refractivity contribution in [3.63, 3.8) is 0 Å². The van der Waals surface area contributed by atoms with Crippen LogP contribution in [0.3, 0.4) is 0 Å². The monoisotopic (exact) mass is 187 g/mol. The summed E-state index contributed by atoms with van der Waals surface area (Å²) in [4.78, 5) is 0. The molecule has 0 bridgehead atoms. The topological polar surface area (TPSA) is 52.8 Å². The first-order chi connectivity index (χ1) is 2.89. The second-order valence-electron chi connectivity index (χ2n) is 0.926. The van der Waals surface area contributed by atoms with Gasteiger partial charge in [0.15, 0.2) is 0 Å². The van der Waals surface area contributed by atoms with E-state index in [2.05, 4.69) is 20.6 Å². The molecule has 4 nitrogen and oxygen atoms in total. The van der Waals surface area contributed by atoms with Crippen LogP contribution in [0.5, 0.6) is 0 Å². The Hall–Kier alpha value is 0.174. The van der Waals surface area contributed by atoms with Gasteiger partial charge in [-0.3, -0.25) is 10.3 Å². The quantitative estimate of drug-likeness (QED) is 0.518. The summed E-state index contributed by atoms with van der Waals surface area (Å²) in [5, 5.41) is 13.3. The van der Waals surface area contributed by atoms with E-state index in [9.17, 15) is 0 Å². The minimum absolute atomic E-state index is 0. The standard InChI is InChI=1S/C2H3N4.CH3.Y/c1-2-3-5-6-4-2;;/h1H3;1H3;/q2*-1;+3. The number of aromatic nitrogens is 4. The normalized spacial score (nSPS) is 6.62. The maximum absolute atomic E-state index is 3.44. The fourth-order valence-electron chi connectivity index (χ4n) is 0.189. The third-order valence-electron chi connectivity index (χ3n) is 0.419. The summed E-state index contributed by atoms with van der Waals surface area (Å²) in [6.45, 7) is 1.74. The molecule has 0 aliphatic carbocycles. The first-order valence-corrected chi connectivity index (χ1v) is 1.55. The molecule has 0 fully saturated rings. The first kappa shape index (κ1) is 11.0. The summed E-state index contributed by atoms with van der Waals surface area (Å²) >= 11 is 0. The number of aryl methyl sites for hydroxylation is 1. The zero-order valence-electron chi connectivity index (χ0n) is 4.87. The summed E-state index contributed by atoms with van der Waals surface area (Å²) in [6.07, 6.45) is 0. The predicted molar refractivity (Wildman–Crippen MR) is 24.3 cm³/mol. The number of nitrogens with zero attached hydrogens (tertiary/aromatic N) is 4. The molecule has 0 aliphatic heterocycles. The fraction of sp³-hybridized carbons (Fsp3) is 0.333. The average molecular weight is 187 g/mol. The number of hydrogen-bond acceptors (Lipinski definition) is 3. The zero-order valence-corrected chi connectivity index (χ0v) is 7.70. The van der Waals surface area contributed by atoms with Crippen LogP contribution in [0.2, 0.25) is 0 Å². The van der Waals surface area contributed by atoms with Crippen LogP contribution in [-0.2, 0) is 32.7 Å². The molecule has 40 valence electrons. The van der Waals surface area contributed by atoms with Crippen molar-refractivity contribution in [1.82, 2.24) is 20.6 Å². The van der Waals surface area contributed by atoms with Crippen molar-refractivity contribution in [2.45, 2.75) is 6.92 Å². The first-order valence-electron chi connectivity index (χ1n) is 1.55. The van der Waals surface area contributed by atoms with Gasteiger partial charge in [-0.1, -0.05) is 0 Å². The third-order valence-corrected chi connectivity index (χ3v) is 0.419. The van der Waals surface area contributed by atoms with Crippen LogP contribution in [0, 0.1) is 14.4 Å². The molecule has 0 saturated heterocycles. The smallest absolute Gasteiger partial charge is 0.358 e. The van der Waals surface area contributed by atoms with E-state index in [1.54, 1.807) is 6.92 Å². The van der Waals surface area contributed by atoms with E-state index >= 15 is 0 Å². The third kappa shape index (κ3) is 3.21. The minimum Gasteiger partial charge on any atom is -0.358 e. The molecule has 0 saturated carbocycles. The number of tetrazole rings is 1. The van der Waals surface area contributed by atoms with Crippen LogP contribution < -0.4 is 5.10 Å². The van der Waals surface area contributed by atoms with Crippen LogP contribution in [0.1, 0.15) is 5.82 Å². The predicted octanol–water partition coefficient (Wildman–Crippen LogP) is -0.415. The maximum Gasteiger partial charge on any atom is 3.00 e. The Bertz CT molecular complexity index is 115. The van der Waals surface area contributed by atoms with Gasteiger partial charge < -0.3 is 12.5 Å². The summed E-state index contributed by atoms with van der Waals surface area (Å²) in [5.41, 5.74) is 0. The molecule has 0 amide bonds. The van der Waals surface area contributed by atoms with Crippen molar-refractivity contribution in [1.29, 1.82) is 0 Å². The molecule has 1 aromatic heterocycles. The van der Waals surface area contributed by atoms with Crippen LogP contribution in [-0.4, -0.2) is 15.5 Å². The summed E-state index contributed by atoms with van der Waals surface area (Å²) in [5.74, 6) is 0.620. The molecule has 0 aliphatic rings. The second-order valence-corrected chi connectivity index (χ2v) is 0.926. The van der Waals surface area contributed by atoms with Crippen LogP contribution in [0.4, 0.5) is 0 Å². The molecule has 0 aromatic carbocycles. The van der Waals surface area contributed by atoms with Gasteiger partial charge in [-0.25, -0.2) is 0 Å². The molecule has 0 atom stereocenters. The number of rotatable bonds is 0. The Morgan fingerprint density at radius 1 is 1.50 bits per heavy atom. The van der Waals surface area contributed by atoms with Crippen molar-refractivity contribution < 1.29 is 32.7 Å². The Balaban J connectivity index is 0. The van der Waals surface area contributed by atoms with E-state index in [0.29, 0.717) is 5.82 Å². The van der Waals surface area contributed by atoms with E-state index in [1.807, 2.05) is 0 Å². The fourth-order valence-corrected chi connectivity index (χ4v) is 0.189. The summed E-state index contributed by atoms with van der Waals surface area (Å²) < 4.78 is 0. The molecule has 5 heteroatoms. The van der Waals surface area contributed by atoms with Crippen LogP contribution in [0.25, 0.3) is 0 Å². The van der Waals surface area contributed by atoms with E-state index in [1.165, 1.54) is 0 Å². The second kappa shape index (κ2) is 5.31. The van der Waals surface area contributed by atoms with Crippen molar-refractivity contribution in [3.8, 4) is 0 Å². The van der Waals surface area contributed by atoms with E-state index in [-0.39, 0.29) is 40.1 Å². The molecule has 1 rings (SSSR count). The van der Waals surface area contributed by atoms with Crippen molar-refractivity contribution >= 4 is 0 Å². The minimum atomic E-state index is 0. The van der Waals surface area contributed by atoms with Crippen molar-refractivity contribution in [3.05, 3.63) is 13.3 Å². The largest absolute Gasteiger partial charge is 3.00 e. The zero-order chi connectivity index (χ0) is 4.41. The van der Waals surface area contributed by atoms with Gasteiger partial charge in [0, 0.05) is 5.82 Å². The van der Waals surface area contributed by atoms with Crippen LogP contribution in [0.15, 0.2) is 0 Å². The van der Waals surface area contributed by atoms with Gasteiger partial charge >= 0.3 is 32.7 Å². The van der Waals surface area contributed by atoms with Gasteiger partial charge in [0.2, 0.25) is 0 Å². The van der Waals surface area contributed by atoms with Gasteiger partial charge in [-0.05, 0) is 6.92 Å². The van der Waals surface area contributed by atoms with Crippen molar-refractivity contribution in [2.75, 3.05) is 0 Å². The van der Waals surface area contributed by atoms with Gasteiger partial charge in [0.1, 0.15) is 0 Å². The molecular weight excluding hydrogens is 181 g/mol. The van der Waals surface area contributed by atoms with Gasteiger partial charge in [-0.2, -0.15) is 5.21 Å². The van der Waals surface area contributed by atoms with Crippen molar-refractivity contribution in [2.24, 2.45) is 0 Å².